The summed E-state index contributed by atoms with van der Waals surface area (Å²) in [6.07, 6.45) is 0. The lowest BCUT2D eigenvalue weighted by atomic mass is 9.80. The molecule has 1 aliphatic heterocycles. The van der Waals surface area contributed by atoms with E-state index < -0.39 is 0 Å². The molecule has 1 saturated heterocycles. The van der Waals surface area contributed by atoms with E-state index in [9.17, 15) is 0 Å². The molecule has 14 heavy (non-hydrogen) atoms. The first-order chi connectivity index (χ1) is 6.30. The second-order valence-electron chi connectivity index (χ2n) is 4.68. The number of hydrogen-bond acceptors (Lipinski definition) is 3. The minimum absolute atomic E-state index is 0.297. The maximum atomic E-state index is 5.78. The average Bonchev–Trinajstić information content (AvgIpc) is 2.22. The molecule has 0 atom stereocenters. The first-order valence-electron chi connectivity index (χ1n) is 4.82. The Labute approximate surface area is 86.6 Å². The molecule has 80 valence electrons. The predicted octanol–water partition coefficient (Wildman–Crippen LogP) is 1.82. The maximum Gasteiger partial charge on any atom is 0.492 e. The molecule has 1 heterocycles. The van der Waals surface area contributed by atoms with E-state index in [1.165, 1.54) is 0 Å². The van der Waals surface area contributed by atoms with Crippen molar-refractivity contribution in [2.45, 2.75) is 38.9 Å². The van der Waals surface area contributed by atoms with Gasteiger partial charge in [-0.15, -0.1) is 6.58 Å². The zero-order chi connectivity index (χ0) is 11.0. The van der Waals surface area contributed by atoms with Crippen molar-refractivity contribution in [3.8, 4) is 0 Å². The third kappa shape index (κ3) is 2.02. The molecule has 0 spiro atoms. The van der Waals surface area contributed by atoms with Gasteiger partial charge in [0.15, 0.2) is 0 Å². The molecule has 0 aromatic carbocycles. The fraction of sp³-hybridized carbons (Fsp3) is 0.800. The zero-order valence-corrected chi connectivity index (χ0v) is 9.72. The van der Waals surface area contributed by atoms with Gasteiger partial charge in [0.1, 0.15) is 0 Å². The summed E-state index contributed by atoms with van der Waals surface area (Å²) in [7, 11) is 1.29. The van der Waals surface area contributed by atoms with Gasteiger partial charge < -0.3 is 14.0 Å². The standard InChI is InChI=1S/C10H19BO3/c1-8(7-12-6)11-13-9(2,3)10(4,5)14-11/h1,7H2,2-6H3. The molecule has 4 heteroatoms. The molecule has 1 rings (SSSR count). The third-order valence-electron chi connectivity index (χ3n) is 2.92. The largest absolute Gasteiger partial charge is 0.492 e. The van der Waals surface area contributed by atoms with Crippen LogP contribution in [0.15, 0.2) is 12.1 Å². The summed E-state index contributed by atoms with van der Waals surface area (Å²) in [4.78, 5) is 0. The smallest absolute Gasteiger partial charge is 0.400 e. The van der Waals surface area contributed by atoms with Crippen molar-refractivity contribution in [2.75, 3.05) is 13.7 Å². The van der Waals surface area contributed by atoms with E-state index in [0.717, 1.165) is 5.47 Å². The van der Waals surface area contributed by atoms with Crippen molar-refractivity contribution in [1.82, 2.24) is 0 Å². The van der Waals surface area contributed by atoms with E-state index in [2.05, 4.69) is 6.58 Å². The topological polar surface area (TPSA) is 27.7 Å². The third-order valence-corrected chi connectivity index (χ3v) is 2.92. The summed E-state index contributed by atoms with van der Waals surface area (Å²) >= 11 is 0. The molecule has 0 bridgehead atoms. The number of rotatable bonds is 3. The van der Waals surface area contributed by atoms with Crippen LogP contribution in [0.5, 0.6) is 0 Å². The highest BCUT2D eigenvalue weighted by Crippen LogP contribution is 2.38. The van der Waals surface area contributed by atoms with Crippen molar-refractivity contribution >= 4 is 7.12 Å². The van der Waals surface area contributed by atoms with Crippen LogP contribution in [-0.4, -0.2) is 32.0 Å². The second kappa shape index (κ2) is 3.68. The van der Waals surface area contributed by atoms with E-state index in [0.29, 0.717) is 6.61 Å². The molecule has 1 aliphatic rings. The Morgan fingerprint density at radius 3 is 2.00 bits per heavy atom. The molecule has 1 fully saturated rings. The molecule has 0 saturated carbocycles. The monoisotopic (exact) mass is 198 g/mol. The fourth-order valence-corrected chi connectivity index (χ4v) is 1.26. The quantitative estimate of drug-likeness (QED) is 0.647. The van der Waals surface area contributed by atoms with Crippen molar-refractivity contribution in [2.24, 2.45) is 0 Å². The highest BCUT2D eigenvalue weighted by Gasteiger charge is 2.51. The summed E-state index contributed by atoms with van der Waals surface area (Å²) in [6, 6.07) is 0. The van der Waals surface area contributed by atoms with Gasteiger partial charge in [0.05, 0.1) is 17.8 Å². The molecule has 0 N–H and O–H groups in total. The van der Waals surface area contributed by atoms with Gasteiger partial charge in [-0.3, -0.25) is 0 Å². The van der Waals surface area contributed by atoms with Gasteiger partial charge >= 0.3 is 7.12 Å². The van der Waals surface area contributed by atoms with Crippen molar-refractivity contribution < 1.29 is 14.0 Å². The van der Waals surface area contributed by atoms with Gasteiger partial charge in [0.2, 0.25) is 0 Å². The number of hydrogen-bond donors (Lipinski definition) is 0. The molecule has 0 radical (unpaired) electrons. The zero-order valence-electron chi connectivity index (χ0n) is 9.72. The van der Waals surface area contributed by atoms with Crippen LogP contribution in [0.2, 0.25) is 0 Å². The number of methoxy groups -OCH3 is 1. The lowest BCUT2D eigenvalue weighted by molar-refractivity contribution is 0.00578. The molecule has 0 aromatic heterocycles. The van der Waals surface area contributed by atoms with Gasteiger partial charge in [-0.25, -0.2) is 0 Å². The maximum absolute atomic E-state index is 5.78. The Kier molecular flexibility index (Phi) is 3.09. The predicted molar refractivity (Wildman–Crippen MR) is 57.1 cm³/mol. The van der Waals surface area contributed by atoms with Crippen LogP contribution in [0, 0.1) is 0 Å². The minimum Gasteiger partial charge on any atom is -0.400 e. The van der Waals surface area contributed by atoms with Gasteiger partial charge in [0, 0.05) is 7.11 Å². The van der Waals surface area contributed by atoms with Crippen molar-refractivity contribution in [3.05, 3.63) is 12.1 Å². The van der Waals surface area contributed by atoms with Crippen LogP contribution in [0.25, 0.3) is 0 Å². The summed E-state index contributed by atoms with van der Waals surface area (Å²) in [5.74, 6) is 0. The Hall–Kier alpha value is -0.315. The van der Waals surface area contributed by atoms with Gasteiger partial charge in [-0.05, 0) is 33.2 Å². The Bertz CT molecular complexity index is 220. The first-order valence-corrected chi connectivity index (χ1v) is 4.82. The lowest BCUT2D eigenvalue weighted by Gasteiger charge is -2.32. The summed E-state index contributed by atoms with van der Waals surface area (Å²) in [5.41, 5.74) is 0.231. The van der Waals surface area contributed by atoms with Crippen LogP contribution >= 0.6 is 0 Å². The van der Waals surface area contributed by atoms with E-state index in [1.54, 1.807) is 7.11 Å². The normalized spacial score (nSPS) is 23.9. The van der Waals surface area contributed by atoms with Crippen LogP contribution in [0.3, 0.4) is 0 Å². The first kappa shape index (κ1) is 11.8. The van der Waals surface area contributed by atoms with Crippen molar-refractivity contribution in [1.29, 1.82) is 0 Å². The Balaban J connectivity index is 2.68. The van der Waals surface area contributed by atoms with Crippen LogP contribution in [0.1, 0.15) is 27.7 Å². The molecule has 0 unspecified atom stereocenters. The van der Waals surface area contributed by atoms with Gasteiger partial charge in [-0.1, -0.05) is 0 Å². The molecule has 3 nitrogen and oxygen atoms in total. The van der Waals surface area contributed by atoms with Crippen LogP contribution in [0.4, 0.5) is 0 Å². The Morgan fingerprint density at radius 1 is 1.21 bits per heavy atom. The van der Waals surface area contributed by atoms with E-state index >= 15 is 0 Å². The minimum atomic E-state index is -0.347. The number of ether oxygens (including phenoxy) is 1. The molecule has 0 aromatic rings. The fourth-order valence-electron chi connectivity index (χ4n) is 1.26. The van der Waals surface area contributed by atoms with Crippen molar-refractivity contribution in [3.63, 3.8) is 0 Å². The lowest BCUT2D eigenvalue weighted by Crippen LogP contribution is -2.41. The molecular formula is C10H19BO3. The van der Waals surface area contributed by atoms with Gasteiger partial charge in [-0.2, -0.15) is 0 Å². The highest BCUT2D eigenvalue weighted by molar-refractivity contribution is 6.54. The van der Waals surface area contributed by atoms with E-state index in [-0.39, 0.29) is 18.3 Å². The molecular weight excluding hydrogens is 179 g/mol. The second-order valence-corrected chi connectivity index (χ2v) is 4.68. The highest BCUT2D eigenvalue weighted by atomic mass is 16.7. The SMILES string of the molecule is C=C(COC)B1OC(C)(C)C(C)(C)O1. The summed E-state index contributed by atoms with van der Waals surface area (Å²) in [5, 5.41) is 0. The van der Waals surface area contributed by atoms with Gasteiger partial charge in [0.25, 0.3) is 0 Å². The summed E-state index contributed by atoms with van der Waals surface area (Å²) in [6.45, 7) is 12.4. The Morgan fingerprint density at radius 2 is 1.64 bits per heavy atom. The van der Waals surface area contributed by atoms with E-state index in [4.69, 9.17) is 14.0 Å². The molecule has 0 aliphatic carbocycles. The van der Waals surface area contributed by atoms with Crippen LogP contribution in [-0.2, 0) is 14.0 Å². The van der Waals surface area contributed by atoms with Crippen LogP contribution < -0.4 is 0 Å². The summed E-state index contributed by atoms with van der Waals surface area (Å²) < 4.78 is 16.5. The molecule has 0 amide bonds. The average molecular weight is 198 g/mol. The van der Waals surface area contributed by atoms with E-state index in [1.807, 2.05) is 27.7 Å².